The van der Waals surface area contributed by atoms with Crippen LogP contribution in [0.25, 0.3) is 0 Å². The van der Waals surface area contributed by atoms with Crippen LogP contribution in [0.1, 0.15) is 25.0 Å². The fourth-order valence-corrected chi connectivity index (χ4v) is 1.55. The molecular formula is C12H17FO. The number of benzene rings is 1. The van der Waals surface area contributed by atoms with Gasteiger partial charge in [0.1, 0.15) is 6.17 Å². The lowest BCUT2D eigenvalue weighted by Crippen LogP contribution is -2.05. The van der Waals surface area contributed by atoms with Crippen LogP contribution < -0.4 is 0 Å². The van der Waals surface area contributed by atoms with Crippen LogP contribution in [0.4, 0.5) is 4.39 Å². The van der Waals surface area contributed by atoms with Gasteiger partial charge >= 0.3 is 0 Å². The molecule has 0 bridgehead atoms. The van der Waals surface area contributed by atoms with Crippen molar-refractivity contribution in [2.45, 2.75) is 39.0 Å². The molecule has 0 saturated heterocycles. The second-order valence-electron chi connectivity index (χ2n) is 3.86. The van der Waals surface area contributed by atoms with Crippen LogP contribution in [0.2, 0.25) is 0 Å². The largest absolute Gasteiger partial charge is 0.393 e. The molecule has 2 unspecified atom stereocenters. The number of hydrogen-bond acceptors (Lipinski definition) is 1. The highest BCUT2D eigenvalue weighted by Gasteiger charge is 2.03. The lowest BCUT2D eigenvalue weighted by molar-refractivity contribution is 0.195. The summed E-state index contributed by atoms with van der Waals surface area (Å²) in [6.07, 6.45) is -0.0628. The van der Waals surface area contributed by atoms with Crippen LogP contribution in [-0.4, -0.2) is 17.4 Å². The van der Waals surface area contributed by atoms with E-state index in [2.05, 4.69) is 0 Å². The van der Waals surface area contributed by atoms with Crippen LogP contribution in [0.15, 0.2) is 24.3 Å². The molecular weight excluding hydrogens is 179 g/mol. The minimum absolute atomic E-state index is 0.340. The number of halogens is 1. The SMILES string of the molecule is CC(O)Cc1cccc(CC(C)F)c1. The third-order valence-corrected chi connectivity index (χ3v) is 2.04. The maximum Gasteiger partial charge on any atom is 0.101 e. The first-order chi connectivity index (χ1) is 6.58. The topological polar surface area (TPSA) is 20.2 Å². The standard InChI is InChI=1S/C12H17FO/c1-9(13)6-11-4-3-5-12(8-11)7-10(2)14/h3-5,8-10,14H,6-7H2,1-2H3. The average molecular weight is 196 g/mol. The Hall–Kier alpha value is -0.890. The molecule has 2 atom stereocenters. The van der Waals surface area contributed by atoms with Crippen LogP contribution in [-0.2, 0) is 12.8 Å². The van der Waals surface area contributed by atoms with Crippen molar-refractivity contribution in [3.8, 4) is 0 Å². The third kappa shape index (κ3) is 3.88. The summed E-state index contributed by atoms with van der Waals surface area (Å²) in [6, 6.07) is 7.75. The molecule has 14 heavy (non-hydrogen) atoms. The molecule has 1 aromatic carbocycles. The summed E-state index contributed by atoms with van der Waals surface area (Å²) >= 11 is 0. The highest BCUT2D eigenvalue weighted by Crippen LogP contribution is 2.10. The van der Waals surface area contributed by atoms with Gasteiger partial charge in [0, 0.05) is 6.42 Å². The van der Waals surface area contributed by atoms with Crippen LogP contribution in [0.5, 0.6) is 0 Å². The molecule has 0 aliphatic carbocycles. The van der Waals surface area contributed by atoms with E-state index in [0.717, 1.165) is 11.1 Å². The van der Waals surface area contributed by atoms with Crippen molar-refractivity contribution >= 4 is 0 Å². The molecule has 2 heteroatoms. The molecule has 0 amide bonds. The Balaban J connectivity index is 2.68. The molecule has 0 aliphatic heterocycles. The smallest absolute Gasteiger partial charge is 0.101 e. The lowest BCUT2D eigenvalue weighted by Gasteiger charge is -2.07. The van der Waals surface area contributed by atoms with Gasteiger partial charge in [-0.15, -0.1) is 0 Å². The van der Waals surface area contributed by atoms with Crippen molar-refractivity contribution in [3.05, 3.63) is 35.4 Å². The van der Waals surface area contributed by atoms with E-state index in [4.69, 9.17) is 0 Å². The molecule has 0 fully saturated rings. The van der Waals surface area contributed by atoms with E-state index in [0.29, 0.717) is 12.8 Å². The van der Waals surface area contributed by atoms with E-state index in [1.54, 1.807) is 13.8 Å². The molecule has 0 aromatic heterocycles. The summed E-state index contributed by atoms with van der Waals surface area (Å²) in [4.78, 5) is 0. The van der Waals surface area contributed by atoms with Gasteiger partial charge in [0.25, 0.3) is 0 Å². The number of hydrogen-bond donors (Lipinski definition) is 1. The summed E-state index contributed by atoms with van der Waals surface area (Å²) in [6.45, 7) is 3.31. The minimum Gasteiger partial charge on any atom is -0.393 e. The monoisotopic (exact) mass is 196 g/mol. The maximum atomic E-state index is 12.7. The Bertz CT molecular complexity index is 256. The van der Waals surface area contributed by atoms with Gasteiger partial charge < -0.3 is 5.11 Å². The van der Waals surface area contributed by atoms with Gasteiger partial charge in [0.05, 0.1) is 6.10 Å². The first-order valence-corrected chi connectivity index (χ1v) is 4.98. The van der Waals surface area contributed by atoms with Crippen molar-refractivity contribution in [1.29, 1.82) is 0 Å². The molecule has 0 aliphatic rings. The maximum absolute atomic E-state index is 12.7. The number of rotatable bonds is 4. The van der Waals surface area contributed by atoms with E-state index < -0.39 is 6.17 Å². The molecule has 78 valence electrons. The lowest BCUT2D eigenvalue weighted by atomic mass is 10.0. The molecule has 1 nitrogen and oxygen atoms in total. The molecule has 1 N–H and O–H groups in total. The quantitative estimate of drug-likeness (QED) is 0.784. The number of aliphatic hydroxyl groups excluding tert-OH is 1. The van der Waals surface area contributed by atoms with Gasteiger partial charge in [-0.3, -0.25) is 0 Å². The van der Waals surface area contributed by atoms with Crippen LogP contribution >= 0.6 is 0 Å². The third-order valence-electron chi connectivity index (χ3n) is 2.04. The Labute approximate surface area is 84.6 Å². The molecule has 0 heterocycles. The molecule has 0 radical (unpaired) electrons. The predicted octanol–water partition coefficient (Wildman–Crippen LogP) is 2.51. The second-order valence-corrected chi connectivity index (χ2v) is 3.86. The minimum atomic E-state index is -0.809. The zero-order chi connectivity index (χ0) is 10.6. The van der Waals surface area contributed by atoms with Gasteiger partial charge in [0.2, 0.25) is 0 Å². The van der Waals surface area contributed by atoms with Gasteiger partial charge in [0.15, 0.2) is 0 Å². The average Bonchev–Trinajstić information content (AvgIpc) is 2.01. The van der Waals surface area contributed by atoms with Gasteiger partial charge in [-0.25, -0.2) is 4.39 Å². The predicted molar refractivity (Wildman–Crippen MR) is 56.1 cm³/mol. The fourth-order valence-electron chi connectivity index (χ4n) is 1.55. The first kappa shape index (κ1) is 11.2. The summed E-state index contributed by atoms with van der Waals surface area (Å²) in [5.74, 6) is 0. The molecule has 1 rings (SSSR count). The Morgan fingerprint density at radius 3 is 2.29 bits per heavy atom. The first-order valence-electron chi connectivity index (χ1n) is 4.98. The van der Waals surface area contributed by atoms with Crippen LogP contribution in [0, 0.1) is 0 Å². The second kappa shape index (κ2) is 5.11. The summed E-state index contributed by atoms with van der Waals surface area (Å²) < 4.78 is 12.7. The van der Waals surface area contributed by atoms with E-state index in [1.807, 2.05) is 24.3 Å². The Morgan fingerprint density at radius 1 is 1.21 bits per heavy atom. The van der Waals surface area contributed by atoms with E-state index in [1.165, 1.54) is 0 Å². The van der Waals surface area contributed by atoms with E-state index in [9.17, 15) is 9.50 Å². The van der Waals surface area contributed by atoms with Gasteiger partial charge in [-0.1, -0.05) is 24.3 Å². The van der Waals surface area contributed by atoms with Crippen molar-refractivity contribution in [1.82, 2.24) is 0 Å². The van der Waals surface area contributed by atoms with Crippen molar-refractivity contribution < 1.29 is 9.50 Å². The molecule has 0 spiro atoms. The zero-order valence-corrected chi connectivity index (χ0v) is 8.70. The van der Waals surface area contributed by atoms with Crippen molar-refractivity contribution in [2.75, 3.05) is 0 Å². The Morgan fingerprint density at radius 2 is 1.79 bits per heavy atom. The van der Waals surface area contributed by atoms with Crippen LogP contribution in [0.3, 0.4) is 0 Å². The highest BCUT2D eigenvalue weighted by atomic mass is 19.1. The highest BCUT2D eigenvalue weighted by molar-refractivity contribution is 5.24. The van der Waals surface area contributed by atoms with E-state index >= 15 is 0 Å². The Kier molecular flexibility index (Phi) is 4.08. The summed E-state index contributed by atoms with van der Waals surface area (Å²) in [7, 11) is 0. The molecule has 0 saturated carbocycles. The van der Waals surface area contributed by atoms with E-state index in [-0.39, 0.29) is 6.10 Å². The zero-order valence-electron chi connectivity index (χ0n) is 8.70. The van der Waals surface area contributed by atoms with Gasteiger partial charge in [-0.2, -0.15) is 0 Å². The van der Waals surface area contributed by atoms with Gasteiger partial charge in [-0.05, 0) is 31.4 Å². The van der Waals surface area contributed by atoms with Crippen molar-refractivity contribution in [3.63, 3.8) is 0 Å². The fraction of sp³-hybridized carbons (Fsp3) is 0.500. The normalized spacial score (nSPS) is 15.1. The summed E-state index contributed by atoms with van der Waals surface area (Å²) in [5.41, 5.74) is 2.07. The molecule has 1 aromatic rings. The number of aliphatic hydroxyl groups is 1. The number of alkyl halides is 1. The summed E-state index contributed by atoms with van der Waals surface area (Å²) in [5, 5.41) is 9.20. The van der Waals surface area contributed by atoms with Crippen molar-refractivity contribution in [2.24, 2.45) is 0 Å².